The van der Waals surface area contributed by atoms with Crippen molar-refractivity contribution in [1.29, 1.82) is 0 Å². The number of hydrogen-bond acceptors (Lipinski definition) is 4. The molecule has 0 aromatic heterocycles. The summed E-state index contributed by atoms with van der Waals surface area (Å²) in [4.78, 5) is 14.7. The van der Waals surface area contributed by atoms with E-state index in [1.807, 2.05) is 13.0 Å². The molecule has 0 bridgehead atoms. The summed E-state index contributed by atoms with van der Waals surface area (Å²) in [6, 6.07) is 4.21. The predicted octanol–water partition coefficient (Wildman–Crippen LogP) is 2.57. The summed E-state index contributed by atoms with van der Waals surface area (Å²) < 4.78 is 5.33. The Morgan fingerprint density at radius 2 is 2.17 bits per heavy atom. The second-order valence-electron chi connectivity index (χ2n) is 7.32. The van der Waals surface area contributed by atoms with Crippen molar-refractivity contribution >= 4 is 5.78 Å². The topological polar surface area (TPSA) is 49.8 Å². The van der Waals surface area contributed by atoms with Crippen LogP contribution in [0.2, 0.25) is 0 Å². The van der Waals surface area contributed by atoms with Gasteiger partial charge in [0, 0.05) is 36.4 Å². The van der Waals surface area contributed by atoms with E-state index < -0.39 is 0 Å². The fraction of sp³-hybridized carbons (Fsp3) is 0.526. The third-order valence-corrected chi connectivity index (χ3v) is 6.02. The zero-order valence-electron chi connectivity index (χ0n) is 13.9. The quantitative estimate of drug-likeness (QED) is 0.853. The van der Waals surface area contributed by atoms with Gasteiger partial charge in [0.1, 0.15) is 5.78 Å². The molecule has 0 radical (unpaired) electrons. The number of rotatable bonds is 2. The smallest absolute Gasteiger partial charge is 0.162 e. The number of phenolic OH excluding ortho intramolecular Hbond substituents is 1. The van der Waals surface area contributed by atoms with Gasteiger partial charge in [-0.05, 0) is 43.5 Å². The van der Waals surface area contributed by atoms with Crippen molar-refractivity contribution in [3.8, 4) is 11.5 Å². The number of allylic oxidation sites excluding steroid dienone is 1. The molecule has 122 valence electrons. The maximum atomic E-state index is 12.3. The molecule has 1 heterocycles. The molecule has 1 aliphatic heterocycles. The highest BCUT2D eigenvalue weighted by atomic mass is 16.5. The molecule has 4 heteroatoms. The van der Waals surface area contributed by atoms with Gasteiger partial charge >= 0.3 is 0 Å². The van der Waals surface area contributed by atoms with Crippen LogP contribution < -0.4 is 4.74 Å². The number of ketones is 1. The zero-order valence-corrected chi connectivity index (χ0v) is 13.9. The summed E-state index contributed by atoms with van der Waals surface area (Å²) in [6.45, 7) is 3.09. The van der Waals surface area contributed by atoms with E-state index in [2.05, 4.69) is 18.0 Å². The van der Waals surface area contributed by atoms with Crippen molar-refractivity contribution in [1.82, 2.24) is 4.90 Å². The molecule has 0 amide bonds. The van der Waals surface area contributed by atoms with Crippen LogP contribution in [0.3, 0.4) is 0 Å². The third-order valence-electron chi connectivity index (χ3n) is 6.02. The third kappa shape index (κ3) is 1.84. The van der Waals surface area contributed by atoms with Gasteiger partial charge in [0.05, 0.1) is 7.11 Å². The molecular weight excluding hydrogens is 290 g/mol. The SMILES string of the molecule is COc1ccc(C)c([C@@]23CC(=O)CC=C2[C@H]2[C@H](CN2C)C3)c1O. The van der Waals surface area contributed by atoms with Gasteiger partial charge in [-0.15, -0.1) is 0 Å². The van der Waals surface area contributed by atoms with Crippen LogP contribution in [0.5, 0.6) is 11.5 Å². The van der Waals surface area contributed by atoms with Crippen LogP contribution in [-0.2, 0) is 10.2 Å². The van der Waals surface area contributed by atoms with Crippen LogP contribution in [0.25, 0.3) is 0 Å². The number of carbonyl (C=O) groups excluding carboxylic acids is 1. The summed E-state index contributed by atoms with van der Waals surface area (Å²) >= 11 is 0. The molecule has 2 aliphatic carbocycles. The number of carbonyl (C=O) groups is 1. The maximum Gasteiger partial charge on any atom is 0.162 e. The number of methoxy groups -OCH3 is 1. The summed E-state index contributed by atoms with van der Waals surface area (Å²) in [5.41, 5.74) is 2.92. The average Bonchev–Trinajstić information content (AvgIpc) is 2.75. The fourth-order valence-corrected chi connectivity index (χ4v) is 5.22. The molecule has 1 aromatic rings. The summed E-state index contributed by atoms with van der Waals surface area (Å²) in [5.74, 6) is 1.54. The van der Waals surface area contributed by atoms with Crippen molar-refractivity contribution < 1.29 is 14.6 Å². The standard InChI is InChI=1S/C19H23NO3/c1-11-4-7-15(23-3)18(22)16(11)19-8-12-10-20(2)17(12)14(19)6-5-13(21)9-19/h4,6-7,12,17,22H,5,8-10H2,1-3H3/t12-,17+,19-/m0/s1. The van der Waals surface area contributed by atoms with E-state index in [9.17, 15) is 9.90 Å². The molecule has 4 nitrogen and oxygen atoms in total. The molecule has 2 fully saturated rings. The van der Waals surface area contributed by atoms with Crippen LogP contribution in [0.4, 0.5) is 0 Å². The number of phenols is 1. The van der Waals surface area contributed by atoms with E-state index in [0.717, 1.165) is 24.1 Å². The number of ether oxygens (including phenoxy) is 1. The Bertz CT molecular complexity index is 724. The first-order valence-electron chi connectivity index (χ1n) is 8.27. The maximum absolute atomic E-state index is 12.3. The van der Waals surface area contributed by atoms with E-state index in [1.54, 1.807) is 13.2 Å². The van der Waals surface area contributed by atoms with Crippen LogP contribution >= 0.6 is 0 Å². The number of likely N-dealkylation sites (N-methyl/N-ethyl adjacent to an activating group) is 1. The van der Waals surface area contributed by atoms with E-state index in [-0.39, 0.29) is 16.9 Å². The first-order valence-corrected chi connectivity index (χ1v) is 8.27. The Hall–Kier alpha value is -1.81. The molecule has 23 heavy (non-hydrogen) atoms. The first kappa shape index (κ1) is 14.8. The number of aryl methyl sites for hydroxylation is 1. The van der Waals surface area contributed by atoms with Gasteiger partial charge in [-0.2, -0.15) is 0 Å². The van der Waals surface area contributed by atoms with Crippen LogP contribution in [-0.4, -0.2) is 42.5 Å². The summed E-state index contributed by atoms with van der Waals surface area (Å²) in [7, 11) is 3.72. The molecule has 1 saturated carbocycles. The lowest BCUT2D eigenvalue weighted by Gasteiger charge is -2.43. The van der Waals surface area contributed by atoms with Gasteiger partial charge in [-0.3, -0.25) is 9.69 Å². The number of fused-ring (bicyclic) bond motifs is 3. The van der Waals surface area contributed by atoms with E-state index >= 15 is 0 Å². The Kier molecular flexibility index (Phi) is 3.11. The molecule has 0 unspecified atom stereocenters. The van der Waals surface area contributed by atoms with Crippen molar-refractivity contribution in [2.45, 2.75) is 37.6 Å². The lowest BCUT2D eigenvalue weighted by Crippen LogP contribution is -2.51. The molecule has 4 rings (SSSR count). The minimum absolute atomic E-state index is 0.206. The Morgan fingerprint density at radius 1 is 1.39 bits per heavy atom. The van der Waals surface area contributed by atoms with Crippen LogP contribution in [0.1, 0.15) is 30.4 Å². The van der Waals surface area contributed by atoms with Gasteiger partial charge < -0.3 is 9.84 Å². The van der Waals surface area contributed by atoms with E-state index in [0.29, 0.717) is 30.6 Å². The largest absolute Gasteiger partial charge is 0.504 e. The first-order chi connectivity index (χ1) is 11.0. The minimum atomic E-state index is -0.349. The molecule has 1 N–H and O–H groups in total. The van der Waals surface area contributed by atoms with E-state index in [1.165, 1.54) is 5.57 Å². The number of benzene rings is 1. The number of Topliss-reactive ketones (excluding diaryl/α,β-unsaturated/α-hetero) is 1. The molecular formula is C19H23NO3. The van der Waals surface area contributed by atoms with Gasteiger partial charge in [0.25, 0.3) is 0 Å². The highest BCUT2D eigenvalue weighted by Gasteiger charge is 2.59. The Labute approximate surface area is 136 Å². The number of nitrogens with zero attached hydrogens (tertiary/aromatic N) is 1. The lowest BCUT2D eigenvalue weighted by atomic mass is 9.67. The number of aromatic hydroxyl groups is 1. The Balaban J connectivity index is 1.94. The van der Waals surface area contributed by atoms with Crippen LogP contribution in [0.15, 0.2) is 23.8 Å². The lowest BCUT2D eigenvalue weighted by molar-refractivity contribution is -0.119. The summed E-state index contributed by atoms with van der Waals surface area (Å²) in [5, 5.41) is 10.8. The molecule has 1 saturated heterocycles. The van der Waals surface area contributed by atoms with Gasteiger partial charge in [0.2, 0.25) is 0 Å². The minimum Gasteiger partial charge on any atom is -0.504 e. The van der Waals surface area contributed by atoms with Crippen molar-refractivity contribution in [3.63, 3.8) is 0 Å². The second-order valence-corrected chi connectivity index (χ2v) is 7.32. The number of likely N-dealkylation sites (tertiary alicyclic amines) is 1. The van der Waals surface area contributed by atoms with Crippen LogP contribution in [0, 0.1) is 12.8 Å². The Morgan fingerprint density at radius 3 is 2.87 bits per heavy atom. The van der Waals surface area contributed by atoms with Gasteiger partial charge in [0.15, 0.2) is 11.5 Å². The zero-order chi connectivity index (χ0) is 16.4. The van der Waals surface area contributed by atoms with Crippen molar-refractivity contribution in [3.05, 3.63) is 34.9 Å². The molecule has 3 atom stereocenters. The molecule has 3 aliphatic rings. The highest BCUT2D eigenvalue weighted by molar-refractivity contribution is 5.85. The highest BCUT2D eigenvalue weighted by Crippen LogP contribution is 2.60. The molecule has 0 spiro atoms. The average molecular weight is 313 g/mol. The van der Waals surface area contributed by atoms with Gasteiger partial charge in [-0.1, -0.05) is 12.1 Å². The summed E-state index contributed by atoms with van der Waals surface area (Å²) in [6.07, 6.45) is 4.10. The monoisotopic (exact) mass is 313 g/mol. The van der Waals surface area contributed by atoms with Crippen molar-refractivity contribution in [2.24, 2.45) is 5.92 Å². The second kappa shape index (κ2) is 4.84. The van der Waals surface area contributed by atoms with Gasteiger partial charge in [-0.25, -0.2) is 0 Å². The number of hydrogen-bond donors (Lipinski definition) is 1. The molecule has 1 aromatic carbocycles. The fourth-order valence-electron chi connectivity index (χ4n) is 5.22. The normalized spacial score (nSPS) is 32.8. The van der Waals surface area contributed by atoms with E-state index in [4.69, 9.17) is 4.74 Å². The van der Waals surface area contributed by atoms with Crippen molar-refractivity contribution in [2.75, 3.05) is 20.7 Å². The predicted molar refractivity (Wildman–Crippen MR) is 87.9 cm³/mol.